The van der Waals surface area contributed by atoms with E-state index in [9.17, 15) is 9.59 Å². The maximum Gasteiger partial charge on any atom is 0.261 e. The molecule has 1 aliphatic carbocycles. The zero-order valence-corrected chi connectivity index (χ0v) is 23.7. The van der Waals surface area contributed by atoms with E-state index >= 15 is 0 Å². The number of rotatable bonds is 5. The number of hydrogen-bond acceptors (Lipinski definition) is 4. The SMILES string of the molecule is CC1(C)C(O[Si](c2ccccc2)(c2ccccc2)C(C)(C)C)C=CC2(N)C(=O)N3CCCC3(C=O)CC21. The Labute approximate surface area is 222 Å². The molecule has 0 saturated carbocycles. The molecule has 2 N–H and O–H groups in total. The molecule has 2 aliphatic heterocycles. The number of fused-ring (bicyclic) bond motifs is 2. The molecule has 2 aromatic rings. The number of hydrogen-bond donors (Lipinski definition) is 1. The predicted molar refractivity (Wildman–Crippen MR) is 150 cm³/mol. The average molecular weight is 517 g/mol. The Morgan fingerprint density at radius 1 is 1.03 bits per heavy atom. The van der Waals surface area contributed by atoms with Crippen LogP contribution in [0.5, 0.6) is 0 Å². The topological polar surface area (TPSA) is 72.6 Å². The summed E-state index contributed by atoms with van der Waals surface area (Å²) in [4.78, 5) is 28.0. The minimum atomic E-state index is -2.83. The first kappa shape index (κ1) is 26.1. The van der Waals surface area contributed by atoms with Crippen molar-refractivity contribution in [1.29, 1.82) is 0 Å². The van der Waals surface area contributed by atoms with Gasteiger partial charge in [-0.1, -0.05) is 107 Å². The highest BCUT2D eigenvalue weighted by Gasteiger charge is 2.65. The number of nitrogens with two attached hydrogens (primary N) is 1. The van der Waals surface area contributed by atoms with Crippen LogP contribution in [0, 0.1) is 11.3 Å². The lowest BCUT2D eigenvalue weighted by Crippen LogP contribution is -2.75. The lowest BCUT2D eigenvalue weighted by molar-refractivity contribution is -0.159. The van der Waals surface area contributed by atoms with E-state index in [1.165, 1.54) is 10.4 Å². The summed E-state index contributed by atoms with van der Waals surface area (Å²) in [6.07, 6.45) is 6.76. The fourth-order valence-electron chi connectivity index (χ4n) is 7.32. The van der Waals surface area contributed by atoms with Crippen LogP contribution in [0.1, 0.15) is 53.9 Å². The summed E-state index contributed by atoms with van der Waals surface area (Å²) >= 11 is 0. The Kier molecular flexibility index (Phi) is 6.17. The molecule has 5 nitrogen and oxygen atoms in total. The summed E-state index contributed by atoms with van der Waals surface area (Å²) in [5.41, 5.74) is 4.59. The molecule has 3 aliphatic rings. The van der Waals surface area contributed by atoms with Crippen LogP contribution in [-0.2, 0) is 14.0 Å². The number of amides is 1. The average Bonchev–Trinajstić information content (AvgIpc) is 3.31. The number of benzene rings is 2. The Morgan fingerprint density at radius 3 is 2.11 bits per heavy atom. The van der Waals surface area contributed by atoms with Gasteiger partial charge >= 0.3 is 0 Å². The van der Waals surface area contributed by atoms with E-state index < -0.39 is 24.8 Å². The van der Waals surface area contributed by atoms with Gasteiger partial charge in [0.1, 0.15) is 11.8 Å². The molecule has 6 heteroatoms. The van der Waals surface area contributed by atoms with Crippen molar-refractivity contribution in [2.24, 2.45) is 17.1 Å². The van der Waals surface area contributed by atoms with Gasteiger partial charge in [-0.3, -0.25) is 4.79 Å². The van der Waals surface area contributed by atoms with Crippen LogP contribution in [0.25, 0.3) is 0 Å². The highest BCUT2D eigenvalue weighted by molar-refractivity contribution is 6.99. The molecule has 4 atom stereocenters. The fraction of sp³-hybridized carbons (Fsp3) is 0.484. The maximum atomic E-state index is 13.8. The summed E-state index contributed by atoms with van der Waals surface area (Å²) in [5, 5.41) is 2.26. The van der Waals surface area contributed by atoms with E-state index in [2.05, 4.69) is 83.1 Å². The normalized spacial score (nSPS) is 31.1. The van der Waals surface area contributed by atoms with E-state index in [1.807, 2.05) is 24.3 Å². The molecule has 2 fully saturated rings. The molecule has 37 heavy (non-hydrogen) atoms. The molecular weight excluding hydrogens is 476 g/mol. The summed E-state index contributed by atoms with van der Waals surface area (Å²) in [7, 11) is -2.83. The molecule has 1 amide bonds. The first-order chi connectivity index (χ1) is 17.4. The second-order valence-corrected chi connectivity index (χ2v) is 17.1. The molecule has 5 rings (SSSR count). The van der Waals surface area contributed by atoms with Gasteiger partial charge in [0.05, 0.1) is 11.6 Å². The van der Waals surface area contributed by atoms with Gasteiger partial charge in [0.2, 0.25) is 5.91 Å². The summed E-state index contributed by atoms with van der Waals surface area (Å²) in [5.74, 6) is -0.346. The van der Waals surface area contributed by atoms with E-state index in [0.717, 1.165) is 12.7 Å². The lowest BCUT2D eigenvalue weighted by Gasteiger charge is -2.59. The van der Waals surface area contributed by atoms with Gasteiger partial charge in [0.15, 0.2) is 0 Å². The van der Waals surface area contributed by atoms with Gasteiger partial charge in [-0.05, 0) is 40.1 Å². The molecular formula is C31H40N2O3Si. The van der Waals surface area contributed by atoms with Gasteiger partial charge < -0.3 is 19.9 Å². The number of nitrogens with zero attached hydrogens (tertiary/aromatic N) is 1. The standard InChI is InChI=1S/C31H40N2O3Si/c1-28(2,3)37(23-13-8-6-9-14-23,24-15-10-7-11-16-24)36-26-17-19-31(32)25(29(26,4)5)21-30(22-34)18-12-20-33(30)27(31)35/h6-11,13-17,19,22,25-26H,12,18,20-21,32H2,1-5H3. The quantitative estimate of drug-likeness (QED) is 0.373. The second-order valence-electron chi connectivity index (χ2n) is 12.9. The van der Waals surface area contributed by atoms with Gasteiger partial charge in [-0.15, -0.1) is 0 Å². The Hall–Kier alpha value is -2.54. The fourth-order valence-corrected chi connectivity index (χ4v) is 12.1. The zero-order valence-electron chi connectivity index (χ0n) is 22.7. The minimum Gasteiger partial charge on any atom is -0.401 e. The van der Waals surface area contributed by atoms with Gasteiger partial charge in [0.25, 0.3) is 8.32 Å². The number of carbonyl (C=O) groups excluding carboxylic acids is 2. The zero-order chi connectivity index (χ0) is 26.7. The van der Waals surface area contributed by atoms with Crippen molar-refractivity contribution in [2.75, 3.05) is 6.54 Å². The summed E-state index contributed by atoms with van der Waals surface area (Å²) < 4.78 is 7.52. The van der Waals surface area contributed by atoms with Crippen molar-refractivity contribution < 1.29 is 14.0 Å². The van der Waals surface area contributed by atoms with Crippen molar-refractivity contribution in [1.82, 2.24) is 4.90 Å². The maximum absolute atomic E-state index is 13.8. The Balaban J connectivity index is 1.65. The minimum absolute atomic E-state index is 0.124. The number of carbonyl (C=O) groups is 2. The van der Waals surface area contributed by atoms with Crippen molar-refractivity contribution >= 4 is 30.9 Å². The second kappa shape index (κ2) is 8.75. The van der Waals surface area contributed by atoms with Crippen LogP contribution in [-0.4, -0.2) is 49.1 Å². The monoisotopic (exact) mass is 516 g/mol. The Bertz CT molecular complexity index is 1170. The van der Waals surface area contributed by atoms with Crippen LogP contribution in [0.2, 0.25) is 5.04 Å². The van der Waals surface area contributed by atoms with Gasteiger partial charge in [0, 0.05) is 12.5 Å². The van der Waals surface area contributed by atoms with Crippen LogP contribution in [0.3, 0.4) is 0 Å². The van der Waals surface area contributed by atoms with E-state index in [0.29, 0.717) is 19.4 Å². The molecule has 196 valence electrons. The third-order valence-corrected chi connectivity index (χ3v) is 14.4. The van der Waals surface area contributed by atoms with Crippen molar-refractivity contribution in [3.63, 3.8) is 0 Å². The van der Waals surface area contributed by atoms with Crippen molar-refractivity contribution in [3.8, 4) is 0 Å². The van der Waals surface area contributed by atoms with Crippen LogP contribution >= 0.6 is 0 Å². The smallest absolute Gasteiger partial charge is 0.261 e. The first-order valence-corrected chi connectivity index (χ1v) is 15.4. The number of piperidine rings is 1. The van der Waals surface area contributed by atoms with Crippen LogP contribution < -0.4 is 16.1 Å². The molecule has 0 spiro atoms. The molecule has 0 aromatic heterocycles. The third kappa shape index (κ3) is 3.71. The summed E-state index contributed by atoms with van der Waals surface area (Å²) in [6.45, 7) is 11.7. The van der Waals surface area contributed by atoms with E-state index in [1.54, 1.807) is 4.90 Å². The largest absolute Gasteiger partial charge is 0.401 e. The molecule has 2 saturated heterocycles. The molecule has 4 unspecified atom stereocenters. The van der Waals surface area contributed by atoms with Gasteiger partial charge in [-0.25, -0.2) is 0 Å². The molecule has 0 bridgehead atoms. The molecule has 2 aromatic carbocycles. The van der Waals surface area contributed by atoms with Crippen LogP contribution in [0.15, 0.2) is 72.8 Å². The van der Waals surface area contributed by atoms with E-state index in [4.69, 9.17) is 10.2 Å². The number of aldehydes is 1. The third-order valence-electron chi connectivity index (χ3n) is 9.40. The lowest BCUT2D eigenvalue weighted by atomic mass is 9.56. The molecule has 2 heterocycles. The van der Waals surface area contributed by atoms with Crippen molar-refractivity contribution in [3.05, 3.63) is 72.8 Å². The highest BCUT2D eigenvalue weighted by atomic mass is 28.4. The first-order valence-electron chi connectivity index (χ1n) is 13.5. The summed E-state index contributed by atoms with van der Waals surface area (Å²) in [6, 6.07) is 21.2. The van der Waals surface area contributed by atoms with Gasteiger partial charge in [-0.2, -0.15) is 0 Å². The predicted octanol–water partition coefficient (Wildman–Crippen LogP) is 3.81. The highest BCUT2D eigenvalue weighted by Crippen LogP contribution is 2.54. The van der Waals surface area contributed by atoms with E-state index in [-0.39, 0.29) is 23.0 Å². The van der Waals surface area contributed by atoms with Crippen molar-refractivity contribution in [2.45, 2.75) is 76.1 Å². The Morgan fingerprint density at radius 2 is 1.59 bits per heavy atom. The van der Waals surface area contributed by atoms with Crippen LogP contribution in [0.4, 0.5) is 0 Å². The molecule has 0 radical (unpaired) electrons.